The van der Waals surface area contributed by atoms with Crippen molar-refractivity contribution in [3.05, 3.63) is 59.7 Å². The van der Waals surface area contributed by atoms with Gasteiger partial charge in [0.25, 0.3) is 0 Å². The average Bonchev–Trinajstić information content (AvgIpc) is 3.28. The number of rotatable bonds is 14. The Morgan fingerprint density at radius 2 is 1.97 bits per heavy atom. The molecule has 2 aromatic heterocycles. The number of para-hydroxylation sites is 1. The highest BCUT2D eigenvalue weighted by Crippen LogP contribution is 2.29. The van der Waals surface area contributed by atoms with Crippen molar-refractivity contribution in [3.63, 3.8) is 0 Å². The molecule has 0 saturated carbocycles. The predicted octanol–water partition coefficient (Wildman–Crippen LogP) is 4.40. The van der Waals surface area contributed by atoms with Gasteiger partial charge in [-0.3, -0.25) is 0 Å². The Bertz CT molecular complexity index is 1420. The summed E-state index contributed by atoms with van der Waals surface area (Å²) in [4.78, 5) is 21.1. The summed E-state index contributed by atoms with van der Waals surface area (Å²) in [6, 6.07) is 12.6. The van der Waals surface area contributed by atoms with E-state index in [1.165, 1.54) is 6.07 Å². The fourth-order valence-electron chi connectivity index (χ4n) is 4.48. The van der Waals surface area contributed by atoms with Crippen molar-refractivity contribution in [1.29, 1.82) is 0 Å². The van der Waals surface area contributed by atoms with Gasteiger partial charge < -0.3 is 29.8 Å². The molecule has 4 rings (SSSR count). The third kappa shape index (κ3) is 7.21. The molecule has 2 aromatic carbocycles. The van der Waals surface area contributed by atoms with Gasteiger partial charge in [-0.05, 0) is 57.0 Å². The Hall–Kier alpha value is -3.76. The van der Waals surface area contributed by atoms with Crippen LogP contribution in [0.1, 0.15) is 38.1 Å². The Morgan fingerprint density at radius 1 is 1.15 bits per heavy atom. The number of nitrogen functional groups attached to an aromatic ring is 1. The first-order valence-electron chi connectivity index (χ1n) is 13.2. The highest BCUT2D eigenvalue weighted by Gasteiger charge is 2.17. The number of fused-ring (bicyclic) bond motifs is 3. The number of methoxy groups -OCH3 is 1. The molecular formula is C29H36FN5O4. The van der Waals surface area contributed by atoms with E-state index in [0.717, 1.165) is 59.3 Å². The molecule has 0 aliphatic rings. The van der Waals surface area contributed by atoms with Gasteiger partial charge in [0.2, 0.25) is 0 Å². The summed E-state index contributed by atoms with van der Waals surface area (Å²) in [5, 5.41) is 4.43. The Balaban J connectivity index is 1.34. The van der Waals surface area contributed by atoms with Crippen LogP contribution < -0.4 is 15.8 Å². The molecule has 0 amide bonds. The molecule has 0 fully saturated rings. The molecule has 0 spiro atoms. The number of carbonyl (C=O) groups is 1. The number of anilines is 1. The monoisotopic (exact) mass is 537 g/mol. The number of benzene rings is 2. The van der Waals surface area contributed by atoms with Gasteiger partial charge in [0, 0.05) is 32.0 Å². The second kappa shape index (κ2) is 13.3. The maximum absolute atomic E-state index is 14.1. The lowest BCUT2D eigenvalue weighted by atomic mass is 10.2. The number of nitrogens with one attached hydrogen (secondary N) is 1. The number of unbranched alkanes of at least 4 members (excludes halogenated alkanes) is 1. The summed E-state index contributed by atoms with van der Waals surface area (Å²) in [7, 11) is 1.68. The summed E-state index contributed by atoms with van der Waals surface area (Å²) >= 11 is 0. The fraction of sp³-hybridized carbons (Fsp3) is 0.414. The number of aromatic nitrogens is 3. The fourth-order valence-corrected chi connectivity index (χ4v) is 4.48. The summed E-state index contributed by atoms with van der Waals surface area (Å²) in [6.45, 7) is 5.84. The number of nitrogens with zero attached hydrogens (tertiary/aromatic N) is 3. The van der Waals surface area contributed by atoms with Gasteiger partial charge in [0.1, 0.15) is 11.3 Å². The maximum atomic E-state index is 14.1. The molecule has 2 heterocycles. The van der Waals surface area contributed by atoms with Crippen LogP contribution in [0.3, 0.4) is 0 Å². The minimum absolute atomic E-state index is 0.0339. The molecule has 39 heavy (non-hydrogen) atoms. The van der Waals surface area contributed by atoms with Crippen LogP contribution in [0.4, 0.5) is 10.2 Å². The Kier molecular flexibility index (Phi) is 9.67. The van der Waals surface area contributed by atoms with Crippen molar-refractivity contribution in [1.82, 2.24) is 19.9 Å². The van der Waals surface area contributed by atoms with Crippen LogP contribution in [0.25, 0.3) is 21.9 Å². The molecule has 0 aliphatic heterocycles. The van der Waals surface area contributed by atoms with Crippen LogP contribution in [0.5, 0.6) is 5.75 Å². The topological polar surface area (TPSA) is 114 Å². The van der Waals surface area contributed by atoms with Crippen molar-refractivity contribution in [2.24, 2.45) is 0 Å². The molecule has 0 unspecified atom stereocenters. The molecular weight excluding hydrogens is 501 g/mol. The summed E-state index contributed by atoms with van der Waals surface area (Å²) in [5.74, 6) is 0.349. The molecule has 0 radical (unpaired) electrons. The number of nitrogens with two attached hydrogens (primary N) is 1. The zero-order chi connectivity index (χ0) is 27.8. The number of halogens is 1. The maximum Gasteiger partial charge on any atom is 0.344 e. The lowest BCUT2D eigenvalue weighted by Gasteiger charge is -2.12. The standard InChI is InChI=1S/C29H36FN5O4/c1-19(2)39-26(36)18-38-24-16-20(10-11-22(24)30)17-32-13-6-7-14-35-25(12-15-37-3)34-27-28(35)21-8-4-5-9-23(21)33-29(27)31/h4-5,8-11,16,19,32H,6-7,12-15,17-18H2,1-3H3,(H2,31,33). The molecule has 0 bridgehead atoms. The van der Waals surface area contributed by atoms with E-state index in [9.17, 15) is 9.18 Å². The molecule has 4 aromatic rings. The number of esters is 1. The van der Waals surface area contributed by atoms with Gasteiger partial charge in [-0.15, -0.1) is 0 Å². The first kappa shape index (κ1) is 28.3. The lowest BCUT2D eigenvalue weighted by molar-refractivity contribution is -0.149. The van der Waals surface area contributed by atoms with E-state index in [-0.39, 0.29) is 18.5 Å². The van der Waals surface area contributed by atoms with E-state index in [1.54, 1.807) is 33.1 Å². The number of hydrogen-bond donors (Lipinski definition) is 2. The first-order chi connectivity index (χ1) is 18.9. The van der Waals surface area contributed by atoms with Crippen LogP contribution in [-0.2, 0) is 33.8 Å². The van der Waals surface area contributed by atoms with Crippen LogP contribution in [0.2, 0.25) is 0 Å². The van der Waals surface area contributed by atoms with Gasteiger partial charge in [-0.2, -0.15) is 0 Å². The van der Waals surface area contributed by atoms with Gasteiger partial charge in [-0.25, -0.2) is 19.2 Å². The van der Waals surface area contributed by atoms with E-state index >= 15 is 0 Å². The summed E-state index contributed by atoms with van der Waals surface area (Å²) < 4.78 is 32.0. The quantitative estimate of drug-likeness (QED) is 0.180. The highest BCUT2D eigenvalue weighted by molar-refractivity contribution is 6.06. The van der Waals surface area contributed by atoms with Crippen molar-refractivity contribution in [2.45, 2.75) is 52.3 Å². The van der Waals surface area contributed by atoms with Gasteiger partial charge >= 0.3 is 5.97 Å². The molecule has 10 heteroatoms. The van der Waals surface area contributed by atoms with Crippen LogP contribution in [0.15, 0.2) is 42.5 Å². The minimum Gasteiger partial charge on any atom is -0.479 e. The second-order valence-electron chi connectivity index (χ2n) is 9.61. The van der Waals surface area contributed by atoms with E-state index < -0.39 is 11.8 Å². The van der Waals surface area contributed by atoms with E-state index in [0.29, 0.717) is 25.4 Å². The normalized spacial score (nSPS) is 11.5. The zero-order valence-electron chi connectivity index (χ0n) is 22.7. The molecule has 0 atom stereocenters. The number of carbonyl (C=O) groups excluding carboxylic acids is 1. The largest absolute Gasteiger partial charge is 0.479 e. The van der Waals surface area contributed by atoms with Crippen LogP contribution in [-0.4, -0.2) is 53.5 Å². The van der Waals surface area contributed by atoms with E-state index in [1.807, 2.05) is 18.2 Å². The smallest absolute Gasteiger partial charge is 0.344 e. The first-order valence-corrected chi connectivity index (χ1v) is 13.2. The third-order valence-electron chi connectivity index (χ3n) is 6.24. The lowest BCUT2D eigenvalue weighted by Crippen LogP contribution is -2.19. The third-order valence-corrected chi connectivity index (χ3v) is 6.24. The Morgan fingerprint density at radius 3 is 2.77 bits per heavy atom. The number of hydrogen-bond acceptors (Lipinski definition) is 8. The van der Waals surface area contributed by atoms with Crippen molar-refractivity contribution >= 4 is 33.7 Å². The Labute approximate surface area is 227 Å². The predicted molar refractivity (Wildman–Crippen MR) is 149 cm³/mol. The van der Waals surface area contributed by atoms with Gasteiger partial charge in [-0.1, -0.05) is 24.3 Å². The highest BCUT2D eigenvalue weighted by atomic mass is 19.1. The van der Waals surface area contributed by atoms with Crippen LogP contribution in [0, 0.1) is 5.82 Å². The molecule has 208 valence electrons. The van der Waals surface area contributed by atoms with Crippen molar-refractivity contribution in [2.75, 3.05) is 32.6 Å². The SMILES string of the molecule is COCCc1nc2c(N)nc3ccccc3c2n1CCCCNCc1ccc(F)c(OCC(=O)OC(C)C)c1. The van der Waals surface area contributed by atoms with E-state index in [4.69, 9.17) is 24.9 Å². The van der Waals surface area contributed by atoms with E-state index in [2.05, 4.69) is 20.9 Å². The second-order valence-corrected chi connectivity index (χ2v) is 9.61. The van der Waals surface area contributed by atoms with Gasteiger partial charge in [0.15, 0.2) is 24.0 Å². The zero-order valence-corrected chi connectivity index (χ0v) is 22.7. The number of pyridine rings is 1. The number of aryl methyl sites for hydroxylation is 1. The molecule has 0 aliphatic carbocycles. The minimum atomic E-state index is -0.532. The molecule has 3 N–H and O–H groups in total. The number of ether oxygens (including phenoxy) is 3. The van der Waals surface area contributed by atoms with Crippen LogP contribution >= 0.6 is 0 Å². The average molecular weight is 538 g/mol. The number of imidazole rings is 1. The van der Waals surface area contributed by atoms with Crippen molar-refractivity contribution < 1.29 is 23.4 Å². The molecule has 0 saturated heterocycles. The summed E-state index contributed by atoms with van der Waals surface area (Å²) in [5.41, 5.74) is 9.72. The van der Waals surface area contributed by atoms with Gasteiger partial charge in [0.05, 0.1) is 23.7 Å². The van der Waals surface area contributed by atoms with Crippen molar-refractivity contribution in [3.8, 4) is 5.75 Å². The summed E-state index contributed by atoms with van der Waals surface area (Å²) in [6.07, 6.45) is 2.28. The molecule has 9 nitrogen and oxygen atoms in total.